The van der Waals surface area contributed by atoms with Crippen LogP contribution in [0.15, 0.2) is 30.3 Å². The van der Waals surface area contributed by atoms with E-state index in [0.717, 1.165) is 5.56 Å². The SMILES string of the molecule is NC(=S)OCc1ccccc1.NC(O)=S.[CaH2]. The van der Waals surface area contributed by atoms with Gasteiger partial charge in [0.15, 0.2) is 0 Å². The maximum absolute atomic E-state index is 7.56. The molecule has 7 heteroatoms. The van der Waals surface area contributed by atoms with E-state index in [1.165, 1.54) is 0 Å². The molecule has 1 aromatic rings. The fourth-order valence-electron chi connectivity index (χ4n) is 0.729. The van der Waals surface area contributed by atoms with Crippen LogP contribution in [0.2, 0.25) is 0 Å². The quantitative estimate of drug-likeness (QED) is 0.536. The molecule has 0 radical (unpaired) electrons. The minimum atomic E-state index is -0.500. The van der Waals surface area contributed by atoms with E-state index in [-0.39, 0.29) is 42.9 Å². The molecule has 0 fully saturated rings. The van der Waals surface area contributed by atoms with Gasteiger partial charge in [0.1, 0.15) is 6.61 Å². The molecular weight excluding hydrogens is 272 g/mol. The van der Waals surface area contributed by atoms with E-state index < -0.39 is 5.17 Å². The summed E-state index contributed by atoms with van der Waals surface area (Å²) in [5.41, 5.74) is 10.6. The molecule has 1 rings (SSSR count). The standard InChI is InChI=1S/C8H9NOS.CH3NOS.Ca.2H/c9-8(11)10-6-7-4-2-1-3-5-7;2-1(3)4;;;/h1-5H,6H2,(H2,9,11);(H3,2,3,4);;;. The van der Waals surface area contributed by atoms with Gasteiger partial charge in [0.25, 0.3) is 10.3 Å². The van der Waals surface area contributed by atoms with Gasteiger partial charge < -0.3 is 21.3 Å². The summed E-state index contributed by atoms with van der Waals surface area (Å²) in [7, 11) is 0. The van der Waals surface area contributed by atoms with Crippen LogP contribution in [0.4, 0.5) is 0 Å². The predicted octanol–water partition coefficient (Wildman–Crippen LogP) is 0.319. The Kier molecular flexibility index (Phi) is 12.9. The van der Waals surface area contributed by atoms with Crippen LogP contribution in [0, 0.1) is 0 Å². The van der Waals surface area contributed by atoms with Gasteiger partial charge in [0.05, 0.1) is 0 Å². The van der Waals surface area contributed by atoms with Crippen LogP contribution < -0.4 is 11.5 Å². The van der Waals surface area contributed by atoms with Crippen LogP contribution >= 0.6 is 24.4 Å². The molecule has 0 aromatic heterocycles. The van der Waals surface area contributed by atoms with E-state index in [4.69, 9.17) is 15.6 Å². The number of rotatable bonds is 2. The fraction of sp³-hybridized carbons (Fsp3) is 0.111. The molecule has 0 aliphatic rings. The van der Waals surface area contributed by atoms with Gasteiger partial charge >= 0.3 is 37.7 Å². The van der Waals surface area contributed by atoms with E-state index >= 15 is 0 Å². The second kappa shape index (κ2) is 11.3. The van der Waals surface area contributed by atoms with Crippen molar-refractivity contribution in [1.29, 1.82) is 0 Å². The Bertz CT molecular complexity index is 319. The number of thiocarbonyl (C=S) groups is 2. The van der Waals surface area contributed by atoms with Gasteiger partial charge in [0.2, 0.25) is 0 Å². The Balaban J connectivity index is 0. The summed E-state index contributed by atoms with van der Waals surface area (Å²) >= 11 is 8.42. The van der Waals surface area contributed by atoms with Crippen molar-refractivity contribution in [2.24, 2.45) is 11.5 Å². The molecule has 0 unspecified atom stereocenters. The van der Waals surface area contributed by atoms with Gasteiger partial charge in [-0.05, 0) is 30.0 Å². The molecule has 0 aliphatic carbocycles. The average Bonchev–Trinajstić information content (AvgIpc) is 2.15. The summed E-state index contributed by atoms with van der Waals surface area (Å²) < 4.78 is 4.94. The van der Waals surface area contributed by atoms with Crippen LogP contribution in [0.3, 0.4) is 0 Å². The summed E-state index contributed by atoms with van der Waals surface area (Å²) in [5.74, 6) is 0. The Morgan fingerprint density at radius 2 is 1.62 bits per heavy atom. The Labute approximate surface area is 135 Å². The maximum atomic E-state index is 7.56. The van der Waals surface area contributed by atoms with Crippen molar-refractivity contribution >= 4 is 72.5 Å². The first-order chi connectivity index (χ1) is 7.02. The van der Waals surface area contributed by atoms with Crippen molar-refractivity contribution in [3.05, 3.63) is 35.9 Å². The molecular formula is C9H14CaN2O2S2. The van der Waals surface area contributed by atoms with Crippen molar-refractivity contribution in [3.8, 4) is 0 Å². The van der Waals surface area contributed by atoms with Crippen LogP contribution in [0.1, 0.15) is 5.56 Å². The van der Waals surface area contributed by atoms with Crippen molar-refractivity contribution in [1.82, 2.24) is 0 Å². The van der Waals surface area contributed by atoms with Gasteiger partial charge in [0, 0.05) is 0 Å². The van der Waals surface area contributed by atoms with E-state index in [9.17, 15) is 0 Å². The monoisotopic (exact) mass is 286 g/mol. The van der Waals surface area contributed by atoms with Crippen LogP contribution in [0.25, 0.3) is 0 Å². The van der Waals surface area contributed by atoms with E-state index in [2.05, 4.69) is 30.2 Å². The van der Waals surface area contributed by atoms with E-state index in [1.54, 1.807) is 0 Å². The molecule has 0 spiro atoms. The molecule has 86 valence electrons. The average molecular weight is 286 g/mol. The number of hydrogen-bond acceptors (Lipinski definition) is 3. The zero-order valence-electron chi connectivity index (χ0n) is 7.92. The summed E-state index contributed by atoms with van der Waals surface area (Å²) in [4.78, 5) is 0. The van der Waals surface area contributed by atoms with Crippen molar-refractivity contribution in [3.63, 3.8) is 0 Å². The third kappa shape index (κ3) is 13.9. The molecule has 0 heterocycles. The molecule has 0 aliphatic heterocycles. The van der Waals surface area contributed by atoms with Gasteiger partial charge in [-0.2, -0.15) is 0 Å². The second-order valence-electron chi connectivity index (χ2n) is 2.43. The summed E-state index contributed by atoms with van der Waals surface area (Å²) in [6.07, 6.45) is 0. The predicted molar refractivity (Wildman–Crippen MR) is 76.0 cm³/mol. The van der Waals surface area contributed by atoms with Crippen molar-refractivity contribution < 1.29 is 9.84 Å². The number of benzene rings is 1. The zero-order valence-corrected chi connectivity index (χ0v) is 9.55. The first-order valence-corrected chi connectivity index (χ1v) is 4.78. The number of aliphatic hydroxyl groups excluding tert-OH is 1. The third-order valence-corrected chi connectivity index (χ3v) is 1.34. The number of aliphatic hydroxyl groups is 1. The normalized spacial score (nSPS) is 7.75. The zero-order chi connectivity index (χ0) is 11.7. The molecule has 0 atom stereocenters. The molecule has 0 bridgehead atoms. The summed E-state index contributed by atoms with van der Waals surface area (Å²) in [6, 6.07) is 9.75. The number of nitrogens with two attached hydrogens (primary N) is 2. The molecule has 4 nitrogen and oxygen atoms in total. The van der Waals surface area contributed by atoms with Crippen molar-refractivity contribution in [2.75, 3.05) is 0 Å². The summed E-state index contributed by atoms with van der Waals surface area (Å²) in [5, 5.41) is 7.16. The van der Waals surface area contributed by atoms with Crippen molar-refractivity contribution in [2.45, 2.75) is 6.61 Å². The topological polar surface area (TPSA) is 81.5 Å². The fourth-order valence-corrected chi connectivity index (χ4v) is 0.788. The molecule has 0 saturated carbocycles. The van der Waals surface area contributed by atoms with E-state index in [0.29, 0.717) is 6.61 Å². The Morgan fingerprint density at radius 3 is 2.00 bits per heavy atom. The van der Waals surface area contributed by atoms with Crippen LogP contribution in [0.5, 0.6) is 0 Å². The number of ether oxygens (including phenoxy) is 1. The minimum absolute atomic E-state index is 0. The van der Waals surface area contributed by atoms with Gasteiger partial charge in [-0.1, -0.05) is 30.3 Å². The molecule has 0 saturated heterocycles. The third-order valence-electron chi connectivity index (χ3n) is 1.22. The molecule has 1 aromatic carbocycles. The van der Waals surface area contributed by atoms with Crippen LogP contribution in [-0.2, 0) is 11.3 Å². The molecule has 0 amide bonds. The van der Waals surface area contributed by atoms with E-state index in [1.807, 2.05) is 30.3 Å². The van der Waals surface area contributed by atoms with Gasteiger partial charge in [-0.3, -0.25) is 0 Å². The first kappa shape index (κ1) is 18.2. The summed E-state index contributed by atoms with van der Waals surface area (Å²) in [6.45, 7) is 0.455. The van der Waals surface area contributed by atoms with Crippen LogP contribution in [-0.4, -0.2) is 53.2 Å². The molecule has 16 heavy (non-hydrogen) atoms. The Morgan fingerprint density at radius 1 is 1.19 bits per heavy atom. The number of hydrogen-bond donors (Lipinski definition) is 3. The molecule has 5 N–H and O–H groups in total. The van der Waals surface area contributed by atoms with Gasteiger partial charge in [-0.15, -0.1) is 0 Å². The second-order valence-corrected chi connectivity index (χ2v) is 3.25. The first-order valence-electron chi connectivity index (χ1n) is 3.97. The Hall–Kier alpha value is -0.140. The van der Waals surface area contributed by atoms with Gasteiger partial charge in [-0.25, -0.2) is 0 Å².